The molecule has 6 atom stereocenters. The highest BCUT2D eigenvalue weighted by atomic mass is 16.7. The van der Waals surface area contributed by atoms with Gasteiger partial charge in [0.25, 0.3) is 0 Å². The molecule has 0 aromatic carbocycles. The quantitative estimate of drug-likeness (QED) is 0.0228. The van der Waals surface area contributed by atoms with Crippen molar-refractivity contribution in [2.75, 3.05) is 13.2 Å². The zero-order valence-corrected chi connectivity index (χ0v) is 43.0. The van der Waals surface area contributed by atoms with Gasteiger partial charge in [0.05, 0.1) is 6.61 Å². The lowest BCUT2D eigenvalue weighted by Gasteiger charge is -2.40. The topological polar surface area (TPSA) is 175 Å². The summed E-state index contributed by atoms with van der Waals surface area (Å²) in [5.41, 5.74) is 0. The molecule has 1 heterocycles. The predicted molar refractivity (Wildman–Crippen MR) is 275 cm³/mol. The van der Waals surface area contributed by atoms with Crippen molar-refractivity contribution in [2.24, 2.45) is 0 Å². The molecule has 0 bridgehead atoms. The number of carbonyl (C=O) groups excluding carboxylic acids is 3. The van der Waals surface area contributed by atoms with Gasteiger partial charge >= 0.3 is 23.9 Å². The van der Waals surface area contributed by atoms with Gasteiger partial charge in [-0.05, 0) is 83.5 Å². The van der Waals surface area contributed by atoms with Crippen LogP contribution in [0.15, 0.2) is 72.9 Å². The number of hydrogen-bond acceptors (Lipinski definition) is 11. The number of carbonyl (C=O) groups is 4. The number of carboxylic acid groups (broad SMARTS) is 1. The van der Waals surface area contributed by atoms with Crippen LogP contribution >= 0.6 is 0 Å². The van der Waals surface area contributed by atoms with E-state index in [4.69, 9.17) is 23.7 Å². The lowest BCUT2D eigenvalue weighted by atomic mass is 9.98. The molecule has 0 saturated carbocycles. The fourth-order valence-corrected chi connectivity index (χ4v) is 7.63. The van der Waals surface area contributed by atoms with E-state index in [0.717, 1.165) is 89.9 Å². The Balaban J connectivity index is 2.74. The number of rotatable bonds is 44. The number of aliphatic hydroxyl groups is 2. The summed E-state index contributed by atoms with van der Waals surface area (Å²) >= 11 is 0. The van der Waals surface area contributed by atoms with Crippen molar-refractivity contribution in [3.05, 3.63) is 72.9 Å². The van der Waals surface area contributed by atoms with Gasteiger partial charge in [-0.15, -0.1) is 0 Å². The molecule has 6 unspecified atom stereocenters. The van der Waals surface area contributed by atoms with Crippen molar-refractivity contribution in [3.63, 3.8) is 0 Å². The molecule has 0 spiro atoms. The fraction of sp³-hybridized carbons (Fsp3) is 0.719. The molecule has 1 fully saturated rings. The molecule has 0 aromatic rings. The number of esters is 3. The first kappa shape index (κ1) is 63.2. The normalized spacial score (nSPS) is 19.2. The van der Waals surface area contributed by atoms with Crippen molar-refractivity contribution in [1.29, 1.82) is 0 Å². The molecule has 12 heteroatoms. The van der Waals surface area contributed by atoms with Gasteiger partial charge in [-0.1, -0.05) is 184 Å². The Hall–Kier alpha value is -3.84. The summed E-state index contributed by atoms with van der Waals surface area (Å²) in [7, 11) is 0. The van der Waals surface area contributed by atoms with Crippen LogP contribution in [-0.4, -0.2) is 89.2 Å². The molecule has 1 aliphatic rings. The summed E-state index contributed by atoms with van der Waals surface area (Å²) in [6.07, 6.45) is 43.3. The van der Waals surface area contributed by atoms with Gasteiger partial charge < -0.3 is 39.0 Å². The monoisotopic (exact) mass is 971 g/mol. The first-order valence-electron chi connectivity index (χ1n) is 26.9. The van der Waals surface area contributed by atoms with Gasteiger partial charge in [0, 0.05) is 19.3 Å². The lowest BCUT2D eigenvalue weighted by molar-refractivity contribution is -0.301. The van der Waals surface area contributed by atoms with E-state index in [-0.39, 0.29) is 25.9 Å². The highest BCUT2D eigenvalue weighted by Gasteiger charge is 2.50. The third-order valence-corrected chi connectivity index (χ3v) is 11.8. The van der Waals surface area contributed by atoms with Crippen molar-refractivity contribution in [1.82, 2.24) is 0 Å². The minimum Gasteiger partial charge on any atom is -0.479 e. The first-order valence-corrected chi connectivity index (χ1v) is 26.9. The fourth-order valence-electron chi connectivity index (χ4n) is 7.63. The van der Waals surface area contributed by atoms with Crippen LogP contribution in [0.1, 0.15) is 213 Å². The van der Waals surface area contributed by atoms with Crippen LogP contribution in [0.2, 0.25) is 0 Å². The summed E-state index contributed by atoms with van der Waals surface area (Å²) in [5.74, 6) is -3.21. The largest absolute Gasteiger partial charge is 0.479 e. The number of unbranched alkanes of at least 4 members (excludes halogenated alkanes) is 18. The van der Waals surface area contributed by atoms with Crippen LogP contribution in [-0.2, 0) is 42.9 Å². The van der Waals surface area contributed by atoms with Crippen LogP contribution in [0.3, 0.4) is 0 Å². The Labute approximate surface area is 417 Å². The van der Waals surface area contributed by atoms with E-state index in [2.05, 4.69) is 81.5 Å². The van der Waals surface area contributed by atoms with Crippen molar-refractivity contribution >= 4 is 23.9 Å². The van der Waals surface area contributed by atoms with Crippen LogP contribution in [0.25, 0.3) is 0 Å². The third kappa shape index (κ3) is 35.8. The van der Waals surface area contributed by atoms with E-state index in [1.165, 1.54) is 57.8 Å². The highest BCUT2D eigenvalue weighted by molar-refractivity contribution is 5.74. The van der Waals surface area contributed by atoms with Crippen LogP contribution < -0.4 is 0 Å². The average molecular weight is 971 g/mol. The van der Waals surface area contributed by atoms with Crippen molar-refractivity contribution < 1.29 is 58.2 Å². The highest BCUT2D eigenvalue weighted by Crippen LogP contribution is 2.26. The number of aliphatic carboxylic acids is 1. The summed E-state index contributed by atoms with van der Waals surface area (Å²) in [6.45, 7) is 5.78. The third-order valence-electron chi connectivity index (χ3n) is 11.8. The molecule has 1 saturated heterocycles. The molecule has 3 N–H and O–H groups in total. The maximum atomic E-state index is 13.0. The molecular weight excluding hydrogens is 877 g/mol. The van der Waals surface area contributed by atoms with Gasteiger partial charge in [-0.2, -0.15) is 0 Å². The van der Waals surface area contributed by atoms with Gasteiger partial charge in [0.15, 0.2) is 24.6 Å². The zero-order chi connectivity index (χ0) is 50.4. The Morgan fingerprint density at radius 2 is 0.928 bits per heavy atom. The van der Waals surface area contributed by atoms with E-state index in [9.17, 15) is 34.5 Å². The second-order valence-electron chi connectivity index (χ2n) is 18.1. The smallest absolute Gasteiger partial charge is 0.335 e. The van der Waals surface area contributed by atoms with E-state index < -0.39 is 67.3 Å². The number of carboxylic acids is 1. The molecular formula is C57H94O12. The SMILES string of the molecule is CC/C=C\C/C=C\C/C=C\C/C=C\C/C=C\CCCC(=O)OC1C(OCC(COC(=O)CCCCCCC/C=C\CCCCCC)OC(=O)CCCCCCCCCCC)OC(C(=O)O)C(O)C1O. The number of allylic oxidation sites excluding steroid dienone is 12. The van der Waals surface area contributed by atoms with Crippen molar-refractivity contribution in [3.8, 4) is 0 Å². The lowest BCUT2D eigenvalue weighted by Crippen LogP contribution is -2.61. The molecule has 0 aliphatic carbocycles. The van der Waals surface area contributed by atoms with Crippen LogP contribution in [0.4, 0.5) is 0 Å². The molecule has 0 aromatic heterocycles. The van der Waals surface area contributed by atoms with Gasteiger partial charge in [-0.25, -0.2) is 4.79 Å². The molecule has 69 heavy (non-hydrogen) atoms. The molecule has 394 valence electrons. The second kappa shape index (κ2) is 45.3. The van der Waals surface area contributed by atoms with Gasteiger partial charge in [0.1, 0.15) is 18.8 Å². The maximum Gasteiger partial charge on any atom is 0.335 e. The van der Waals surface area contributed by atoms with E-state index in [0.29, 0.717) is 25.7 Å². The standard InChI is InChI=1S/C57H94O12/c1-4-7-10-13-16-19-21-23-24-25-26-28-30-33-36-39-42-45-51(60)68-55-53(62)52(61)54(56(63)64)69-57(55)66-47-48(67-50(59)44-41-38-35-31-18-15-12-9-6-3)46-65-49(58)43-40-37-34-32-29-27-22-20-17-14-11-8-5-2/h7,10,16,19-20,22-24,26,28,33,36,48,52-55,57,61-62H,4-6,8-9,11-15,17-18,21,25,27,29-32,34-35,37-47H2,1-3H3,(H,63,64)/b10-7-,19-16-,22-20-,24-23-,28-26-,36-33-. The van der Waals surface area contributed by atoms with Crippen LogP contribution in [0, 0.1) is 0 Å². The number of ether oxygens (including phenoxy) is 5. The first-order chi connectivity index (χ1) is 33.6. The molecule has 0 radical (unpaired) electrons. The number of aliphatic hydroxyl groups excluding tert-OH is 2. The molecule has 0 amide bonds. The van der Waals surface area contributed by atoms with Gasteiger partial charge in [0.2, 0.25) is 0 Å². The number of hydrogen-bond donors (Lipinski definition) is 3. The van der Waals surface area contributed by atoms with Crippen molar-refractivity contribution in [2.45, 2.75) is 250 Å². The minimum atomic E-state index is -1.92. The Morgan fingerprint density at radius 3 is 1.46 bits per heavy atom. The van der Waals surface area contributed by atoms with E-state index in [1.54, 1.807) is 0 Å². The van der Waals surface area contributed by atoms with E-state index >= 15 is 0 Å². The molecule has 1 rings (SSSR count). The predicted octanol–water partition coefficient (Wildman–Crippen LogP) is 13.0. The summed E-state index contributed by atoms with van der Waals surface area (Å²) in [5, 5.41) is 31.3. The maximum absolute atomic E-state index is 13.0. The Morgan fingerprint density at radius 1 is 0.493 bits per heavy atom. The van der Waals surface area contributed by atoms with E-state index in [1.807, 2.05) is 12.2 Å². The Kier molecular flexibility index (Phi) is 41.5. The average Bonchev–Trinajstić information content (AvgIpc) is 3.33. The second-order valence-corrected chi connectivity index (χ2v) is 18.1. The summed E-state index contributed by atoms with van der Waals surface area (Å²) in [6, 6.07) is 0. The molecule has 1 aliphatic heterocycles. The summed E-state index contributed by atoms with van der Waals surface area (Å²) in [4.78, 5) is 50.8. The Bertz CT molecular complexity index is 1480. The minimum absolute atomic E-state index is 0.0195. The van der Waals surface area contributed by atoms with Gasteiger partial charge in [-0.3, -0.25) is 14.4 Å². The summed E-state index contributed by atoms with van der Waals surface area (Å²) < 4.78 is 28.2. The zero-order valence-electron chi connectivity index (χ0n) is 43.0. The molecule has 12 nitrogen and oxygen atoms in total. The van der Waals surface area contributed by atoms with Crippen LogP contribution in [0.5, 0.6) is 0 Å².